The van der Waals surface area contributed by atoms with Crippen molar-refractivity contribution in [1.29, 1.82) is 0 Å². The standard InChI is InChI=1S/C25H23N5O4/c1-16-13-27-25(28-19-6-7-21-22(12-19)34-15-33-21)29-23(16)30-11-9-18(14-30)24(32)26-10-8-17-4-2-3-5-20(17)31/h2-7,9,11-14,31H,8,10,15H2,1H3,(H,26,32)(H,27,28,29). The summed E-state index contributed by atoms with van der Waals surface area (Å²) < 4.78 is 12.5. The molecule has 3 heterocycles. The van der Waals surface area contributed by atoms with Crippen molar-refractivity contribution >= 4 is 17.5 Å². The zero-order valence-electron chi connectivity index (χ0n) is 18.5. The van der Waals surface area contributed by atoms with Gasteiger partial charge in [0.05, 0.1) is 5.56 Å². The molecule has 0 saturated heterocycles. The number of hydrogen-bond acceptors (Lipinski definition) is 7. The van der Waals surface area contributed by atoms with Crippen molar-refractivity contribution in [3.63, 3.8) is 0 Å². The quantitative estimate of drug-likeness (QED) is 0.388. The Morgan fingerprint density at radius 2 is 2.00 bits per heavy atom. The number of anilines is 2. The van der Waals surface area contributed by atoms with Crippen molar-refractivity contribution in [1.82, 2.24) is 19.9 Å². The average Bonchev–Trinajstić information content (AvgIpc) is 3.51. The highest BCUT2D eigenvalue weighted by Gasteiger charge is 2.15. The van der Waals surface area contributed by atoms with E-state index in [0.717, 1.165) is 16.8 Å². The number of nitrogens with zero attached hydrogens (tertiary/aromatic N) is 3. The zero-order chi connectivity index (χ0) is 23.5. The van der Waals surface area contributed by atoms with Crippen LogP contribution in [0.3, 0.4) is 0 Å². The van der Waals surface area contributed by atoms with E-state index in [1.165, 1.54) is 0 Å². The Morgan fingerprint density at radius 1 is 1.15 bits per heavy atom. The molecule has 4 aromatic rings. The molecule has 0 atom stereocenters. The third-order valence-electron chi connectivity index (χ3n) is 5.44. The Bertz CT molecular complexity index is 1350. The van der Waals surface area contributed by atoms with Crippen LogP contribution in [-0.4, -0.2) is 38.9 Å². The molecule has 2 aromatic carbocycles. The largest absolute Gasteiger partial charge is 0.508 e. The first kappa shape index (κ1) is 21.3. The minimum absolute atomic E-state index is 0.195. The van der Waals surface area contributed by atoms with Gasteiger partial charge >= 0.3 is 0 Å². The first-order valence-electron chi connectivity index (χ1n) is 10.8. The topological polar surface area (TPSA) is 111 Å². The van der Waals surface area contributed by atoms with Crippen LogP contribution in [0.25, 0.3) is 5.82 Å². The second kappa shape index (κ2) is 9.14. The number of hydrogen-bond donors (Lipinski definition) is 3. The number of aryl methyl sites for hydroxylation is 1. The Labute approximate surface area is 196 Å². The van der Waals surface area contributed by atoms with Crippen LogP contribution < -0.4 is 20.1 Å². The fraction of sp³-hybridized carbons (Fsp3) is 0.160. The number of benzene rings is 2. The van der Waals surface area contributed by atoms with E-state index in [2.05, 4.69) is 20.6 Å². The number of phenols is 1. The summed E-state index contributed by atoms with van der Waals surface area (Å²) >= 11 is 0. The second-order valence-electron chi connectivity index (χ2n) is 7.84. The van der Waals surface area contributed by atoms with Crippen LogP contribution >= 0.6 is 0 Å². The van der Waals surface area contributed by atoms with E-state index in [9.17, 15) is 9.90 Å². The van der Waals surface area contributed by atoms with Gasteiger partial charge in [0.25, 0.3) is 5.91 Å². The molecule has 0 fully saturated rings. The molecule has 1 aliphatic heterocycles. The van der Waals surface area contributed by atoms with E-state index in [0.29, 0.717) is 41.8 Å². The summed E-state index contributed by atoms with van der Waals surface area (Å²) in [6.07, 6.45) is 5.79. The monoisotopic (exact) mass is 457 g/mol. The van der Waals surface area contributed by atoms with Gasteiger partial charge in [0.1, 0.15) is 11.6 Å². The maximum absolute atomic E-state index is 12.6. The molecular formula is C25H23N5O4. The number of para-hydroxylation sites is 1. The highest BCUT2D eigenvalue weighted by Crippen LogP contribution is 2.34. The summed E-state index contributed by atoms with van der Waals surface area (Å²) in [5, 5.41) is 15.9. The molecule has 0 radical (unpaired) electrons. The summed E-state index contributed by atoms with van der Waals surface area (Å²) in [6.45, 7) is 2.53. The molecule has 0 bridgehead atoms. The molecule has 9 nitrogen and oxygen atoms in total. The van der Waals surface area contributed by atoms with E-state index in [4.69, 9.17) is 9.47 Å². The fourth-order valence-corrected chi connectivity index (χ4v) is 3.66. The number of ether oxygens (including phenoxy) is 2. The summed E-state index contributed by atoms with van der Waals surface area (Å²) in [5.74, 6) is 2.48. The zero-order valence-corrected chi connectivity index (χ0v) is 18.5. The fourth-order valence-electron chi connectivity index (χ4n) is 3.66. The minimum Gasteiger partial charge on any atom is -0.508 e. The SMILES string of the molecule is Cc1cnc(Nc2ccc3c(c2)OCO3)nc1-n1ccc(C(=O)NCCc2ccccc2O)c1. The van der Waals surface area contributed by atoms with E-state index in [1.807, 2.05) is 37.3 Å². The third-order valence-corrected chi connectivity index (χ3v) is 5.44. The van der Waals surface area contributed by atoms with Crippen LogP contribution in [0, 0.1) is 6.92 Å². The Hall–Kier alpha value is -4.53. The first-order valence-corrected chi connectivity index (χ1v) is 10.8. The number of aromatic hydroxyl groups is 1. The van der Waals surface area contributed by atoms with Crippen molar-refractivity contribution in [3.05, 3.63) is 83.8 Å². The van der Waals surface area contributed by atoms with E-state index >= 15 is 0 Å². The van der Waals surface area contributed by atoms with Gasteiger partial charge in [0.15, 0.2) is 11.5 Å². The Kier molecular flexibility index (Phi) is 5.73. The van der Waals surface area contributed by atoms with Gasteiger partial charge in [0, 0.05) is 42.5 Å². The van der Waals surface area contributed by atoms with Crippen molar-refractivity contribution in [3.8, 4) is 23.1 Å². The molecule has 0 saturated carbocycles. The third kappa shape index (κ3) is 4.49. The molecule has 34 heavy (non-hydrogen) atoms. The van der Waals surface area contributed by atoms with Gasteiger partial charge in [-0.3, -0.25) is 4.79 Å². The van der Waals surface area contributed by atoms with E-state index in [-0.39, 0.29) is 18.4 Å². The number of fused-ring (bicyclic) bond motifs is 1. The molecule has 2 aromatic heterocycles. The van der Waals surface area contributed by atoms with Gasteiger partial charge in [-0.1, -0.05) is 18.2 Å². The van der Waals surface area contributed by atoms with Crippen molar-refractivity contribution < 1.29 is 19.4 Å². The predicted molar refractivity (Wildman–Crippen MR) is 126 cm³/mol. The van der Waals surface area contributed by atoms with Gasteiger partial charge < -0.3 is 29.8 Å². The molecule has 0 spiro atoms. The lowest BCUT2D eigenvalue weighted by atomic mass is 10.1. The second-order valence-corrected chi connectivity index (χ2v) is 7.84. The molecule has 3 N–H and O–H groups in total. The smallest absolute Gasteiger partial charge is 0.252 e. The van der Waals surface area contributed by atoms with Crippen LogP contribution in [0.5, 0.6) is 17.2 Å². The number of carbonyl (C=O) groups excluding carboxylic acids is 1. The highest BCUT2D eigenvalue weighted by atomic mass is 16.7. The van der Waals surface area contributed by atoms with Gasteiger partial charge in [-0.15, -0.1) is 0 Å². The molecule has 0 aliphatic carbocycles. The normalized spacial score (nSPS) is 11.9. The first-order chi connectivity index (χ1) is 16.6. The molecular weight excluding hydrogens is 434 g/mol. The molecule has 0 unspecified atom stereocenters. The molecule has 1 amide bonds. The lowest BCUT2D eigenvalue weighted by molar-refractivity contribution is 0.0954. The average molecular weight is 457 g/mol. The van der Waals surface area contributed by atoms with E-state index < -0.39 is 0 Å². The lowest BCUT2D eigenvalue weighted by Crippen LogP contribution is -2.25. The Morgan fingerprint density at radius 3 is 2.88 bits per heavy atom. The predicted octanol–water partition coefficient (Wildman–Crippen LogP) is 3.73. The minimum atomic E-state index is -0.195. The number of nitrogens with one attached hydrogen (secondary N) is 2. The summed E-state index contributed by atoms with van der Waals surface area (Å²) in [5.41, 5.74) is 2.94. The Balaban J connectivity index is 1.26. The van der Waals surface area contributed by atoms with Crippen LogP contribution in [0.1, 0.15) is 21.5 Å². The van der Waals surface area contributed by atoms with Crippen molar-refractivity contribution in [2.24, 2.45) is 0 Å². The number of rotatable bonds is 7. The maximum atomic E-state index is 12.6. The summed E-state index contributed by atoms with van der Waals surface area (Å²) in [4.78, 5) is 21.6. The van der Waals surface area contributed by atoms with Gasteiger partial charge in [-0.2, -0.15) is 4.98 Å². The molecule has 172 valence electrons. The van der Waals surface area contributed by atoms with Gasteiger partial charge in [-0.05, 0) is 43.2 Å². The maximum Gasteiger partial charge on any atom is 0.252 e. The van der Waals surface area contributed by atoms with Crippen LogP contribution in [0.15, 0.2) is 67.1 Å². The highest BCUT2D eigenvalue weighted by molar-refractivity contribution is 5.94. The number of aromatic nitrogens is 3. The molecule has 1 aliphatic rings. The van der Waals surface area contributed by atoms with Gasteiger partial charge in [-0.25, -0.2) is 4.98 Å². The number of phenolic OH excluding ortho intramolecular Hbond substituents is 1. The van der Waals surface area contributed by atoms with Crippen LogP contribution in [-0.2, 0) is 6.42 Å². The summed E-state index contributed by atoms with van der Waals surface area (Å²) in [6, 6.07) is 14.4. The van der Waals surface area contributed by atoms with Gasteiger partial charge in [0.2, 0.25) is 12.7 Å². The molecule has 9 heteroatoms. The number of carbonyl (C=O) groups is 1. The van der Waals surface area contributed by atoms with Crippen LogP contribution in [0.2, 0.25) is 0 Å². The molecule has 5 rings (SSSR count). The van der Waals surface area contributed by atoms with Crippen LogP contribution in [0.4, 0.5) is 11.6 Å². The summed E-state index contributed by atoms with van der Waals surface area (Å²) in [7, 11) is 0. The van der Waals surface area contributed by atoms with Crippen molar-refractivity contribution in [2.45, 2.75) is 13.3 Å². The lowest BCUT2D eigenvalue weighted by Gasteiger charge is -2.10. The van der Waals surface area contributed by atoms with E-state index in [1.54, 1.807) is 41.4 Å². The number of amides is 1. The van der Waals surface area contributed by atoms with Crippen molar-refractivity contribution in [2.75, 3.05) is 18.7 Å².